The van der Waals surface area contributed by atoms with Crippen LogP contribution >= 0.6 is 11.3 Å². The van der Waals surface area contributed by atoms with E-state index in [1.54, 1.807) is 25.6 Å². The third kappa shape index (κ3) is 3.93. The zero-order valence-electron chi connectivity index (χ0n) is 12.6. The molecule has 21 heavy (non-hydrogen) atoms. The molecule has 114 valence electrons. The smallest absolute Gasteiger partial charge is 0.185 e. The molecule has 2 rings (SSSR count). The van der Waals surface area contributed by atoms with Gasteiger partial charge in [-0.2, -0.15) is 0 Å². The Labute approximate surface area is 129 Å². The van der Waals surface area contributed by atoms with Crippen molar-refractivity contribution < 1.29 is 9.47 Å². The number of aromatic nitrogens is 1. The number of hydrogen-bond acceptors (Lipinski definition) is 6. The number of rotatable bonds is 7. The molecule has 0 radical (unpaired) electrons. The first-order valence-electron chi connectivity index (χ1n) is 6.69. The van der Waals surface area contributed by atoms with Crippen LogP contribution in [0.15, 0.2) is 24.3 Å². The molecule has 0 fully saturated rings. The fourth-order valence-electron chi connectivity index (χ4n) is 2.05. The van der Waals surface area contributed by atoms with E-state index in [2.05, 4.69) is 16.0 Å². The van der Waals surface area contributed by atoms with Crippen LogP contribution in [0.2, 0.25) is 0 Å². The molecule has 1 aromatic carbocycles. The second kappa shape index (κ2) is 7.40. The number of anilines is 1. The van der Waals surface area contributed by atoms with Crippen LogP contribution in [-0.4, -0.2) is 26.3 Å². The third-order valence-electron chi connectivity index (χ3n) is 3.11. The van der Waals surface area contributed by atoms with Crippen molar-refractivity contribution in [1.29, 1.82) is 0 Å². The number of thiazole rings is 1. The van der Waals surface area contributed by atoms with Gasteiger partial charge in [0.25, 0.3) is 0 Å². The van der Waals surface area contributed by atoms with Crippen LogP contribution in [0.5, 0.6) is 5.75 Å². The molecule has 0 aliphatic rings. The normalized spacial score (nSPS) is 10.7. The molecule has 0 bridgehead atoms. The monoisotopic (exact) mass is 307 g/mol. The number of ether oxygens (including phenoxy) is 2. The second-order valence-electron chi connectivity index (χ2n) is 4.71. The van der Waals surface area contributed by atoms with Gasteiger partial charge in [0.15, 0.2) is 5.13 Å². The van der Waals surface area contributed by atoms with Crippen molar-refractivity contribution in [2.45, 2.75) is 19.7 Å². The van der Waals surface area contributed by atoms with Crippen LogP contribution in [0.1, 0.15) is 16.1 Å². The molecule has 6 heteroatoms. The quantitative estimate of drug-likeness (QED) is 0.851. The fraction of sp³-hybridized carbons (Fsp3) is 0.400. The molecule has 1 heterocycles. The summed E-state index contributed by atoms with van der Waals surface area (Å²) < 4.78 is 10.4. The highest BCUT2D eigenvalue weighted by Gasteiger charge is 2.13. The van der Waals surface area contributed by atoms with Gasteiger partial charge in [-0.3, -0.25) is 0 Å². The van der Waals surface area contributed by atoms with Gasteiger partial charge in [0.2, 0.25) is 0 Å². The molecule has 2 N–H and O–H groups in total. The number of benzene rings is 1. The molecule has 0 atom stereocenters. The topological polar surface area (TPSA) is 60.6 Å². The Balaban J connectivity index is 2.13. The summed E-state index contributed by atoms with van der Waals surface area (Å²) in [6.45, 7) is 1.75. The van der Waals surface area contributed by atoms with Crippen LogP contribution < -0.4 is 15.4 Å². The first-order valence-corrected chi connectivity index (χ1v) is 7.51. The van der Waals surface area contributed by atoms with Crippen LogP contribution in [0, 0.1) is 0 Å². The summed E-state index contributed by atoms with van der Waals surface area (Å²) in [6, 6.07) is 8.04. The predicted octanol–water partition coefficient (Wildman–Crippen LogP) is 2.39. The molecule has 0 amide bonds. The lowest BCUT2D eigenvalue weighted by molar-refractivity contribution is 0.181. The molecule has 0 spiro atoms. The van der Waals surface area contributed by atoms with Gasteiger partial charge < -0.3 is 20.1 Å². The highest BCUT2D eigenvalue weighted by Crippen LogP contribution is 2.27. The van der Waals surface area contributed by atoms with Crippen LogP contribution in [0.4, 0.5) is 5.13 Å². The zero-order chi connectivity index (χ0) is 15.2. The maximum atomic E-state index is 5.76. The van der Waals surface area contributed by atoms with Gasteiger partial charge in [0, 0.05) is 32.1 Å². The summed E-state index contributed by atoms with van der Waals surface area (Å²) in [7, 11) is 5.36. The molecule has 0 saturated carbocycles. The minimum atomic E-state index is 0.489. The Morgan fingerprint density at radius 3 is 2.81 bits per heavy atom. The van der Waals surface area contributed by atoms with E-state index in [-0.39, 0.29) is 0 Å². The van der Waals surface area contributed by atoms with Crippen LogP contribution in [0.25, 0.3) is 0 Å². The van der Waals surface area contributed by atoms with Gasteiger partial charge >= 0.3 is 0 Å². The Morgan fingerprint density at radius 1 is 1.33 bits per heavy atom. The van der Waals surface area contributed by atoms with E-state index in [9.17, 15) is 0 Å². The fourth-order valence-corrected chi connectivity index (χ4v) is 2.96. The van der Waals surface area contributed by atoms with Crippen LogP contribution in [0.3, 0.4) is 0 Å². The van der Waals surface area contributed by atoms with Gasteiger partial charge in [-0.25, -0.2) is 4.98 Å². The van der Waals surface area contributed by atoms with E-state index in [0.29, 0.717) is 13.2 Å². The molecule has 0 saturated heterocycles. The standard InChI is InChI=1S/C15H21N3O2S/c1-18(9-11-5-4-6-12(7-11)20-3)15-17-13(10-19-2)14(8-16)21-15/h4-7H,8-10,16H2,1-3H3. The first kappa shape index (κ1) is 15.8. The molecule has 0 unspecified atom stereocenters. The van der Waals surface area contributed by atoms with Crippen molar-refractivity contribution in [2.75, 3.05) is 26.2 Å². The van der Waals surface area contributed by atoms with Crippen molar-refractivity contribution in [3.63, 3.8) is 0 Å². The molecule has 0 aliphatic heterocycles. The van der Waals surface area contributed by atoms with Crippen molar-refractivity contribution in [3.05, 3.63) is 40.4 Å². The lowest BCUT2D eigenvalue weighted by atomic mass is 10.2. The Morgan fingerprint density at radius 2 is 2.14 bits per heavy atom. The largest absolute Gasteiger partial charge is 0.497 e. The van der Waals surface area contributed by atoms with E-state index in [1.807, 2.05) is 25.2 Å². The molecule has 5 nitrogen and oxygen atoms in total. The number of nitrogens with two attached hydrogens (primary N) is 1. The molecule has 1 aromatic heterocycles. The van der Waals surface area contributed by atoms with E-state index < -0.39 is 0 Å². The van der Waals surface area contributed by atoms with Crippen molar-refractivity contribution in [2.24, 2.45) is 5.73 Å². The van der Waals surface area contributed by atoms with Gasteiger partial charge in [-0.1, -0.05) is 12.1 Å². The highest BCUT2D eigenvalue weighted by atomic mass is 32.1. The molecule has 2 aromatic rings. The lowest BCUT2D eigenvalue weighted by Gasteiger charge is -2.16. The maximum Gasteiger partial charge on any atom is 0.185 e. The summed E-state index contributed by atoms with van der Waals surface area (Å²) in [4.78, 5) is 7.80. The molecular formula is C15H21N3O2S. The average molecular weight is 307 g/mol. The van der Waals surface area contributed by atoms with E-state index in [4.69, 9.17) is 15.2 Å². The maximum absolute atomic E-state index is 5.76. The van der Waals surface area contributed by atoms with Crippen molar-refractivity contribution in [3.8, 4) is 5.75 Å². The summed E-state index contributed by atoms with van der Waals surface area (Å²) in [5.74, 6) is 0.864. The van der Waals surface area contributed by atoms with Gasteiger partial charge in [-0.15, -0.1) is 11.3 Å². The minimum absolute atomic E-state index is 0.489. The molecular weight excluding hydrogens is 286 g/mol. The SMILES string of the molecule is COCc1nc(N(C)Cc2cccc(OC)c2)sc1CN. The zero-order valence-corrected chi connectivity index (χ0v) is 13.4. The number of hydrogen-bond donors (Lipinski definition) is 1. The summed E-state index contributed by atoms with van der Waals surface area (Å²) in [6.07, 6.45) is 0. The second-order valence-corrected chi connectivity index (χ2v) is 5.77. The summed E-state index contributed by atoms with van der Waals surface area (Å²) in [5.41, 5.74) is 7.87. The van der Waals surface area contributed by atoms with E-state index in [1.165, 1.54) is 5.56 Å². The molecule has 0 aliphatic carbocycles. The van der Waals surface area contributed by atoms with Crippen LogP contribution in [-0.2, 0) is 24.4 Å². The van der Waals surface area contributed by atoms with E-state index in [0.717, 1.165) is 28.0 Å². The lowest BCUT2D eigenvalue weighted by Crippen LogP contribution is -2.16. The Bertz CT molecular complexity index is 586. The predicted molar refractivity (Wildman–Crippen MR) is 85.8 cm³/mol. The van der Waals surface area contributed by atoms with Gasteiger partial charge in [-0.05, 0) is 17.7 Å². The van der Waals surface area contributed by atoms with Crippen molar-refractivity contribution in [1.82, 2.24) is 4.98 Å². The number of nitrogens with zero attached hydrogens (tertiary/aromatic N) is 2. The summed E-state index contributed by atoms with van der Waals surface area (Å²) in [5, 5.41) is 0.949. The Hall–Kier alpha value is -1.63. The first-order chi connectivity index (χ1) is 10.2. The third-order valence-corrected chi connectivity index (χ3v) is 4.35. The minimum Gasteiger partial charge on any atom is -0.497 e. The Kier molecular flexibility index (Phi) is 5.55. The average Bonchev–Trinajstić information content (AvgIpc) is 2.91. The highest BCUT2D eigenvalue weighted by molar-refractivity contribution is 7.15. The number of methoxy groups -OCH3 is 2. The summed E-state index contributed by atoms with van der Waals surface area (Å²) >= 11 is 1.62. The van der Waals surface area contributed by atoms with Crippen molar-refractivity contribution >= 4 is 16.5 Å². The van der Waals surface area contributed by atoms with E-state index >= 15 is 0 Å². The van der Waals surface area contributed by atoms with Gasteiger partial charge in [0.1, 0.15) is 5.75 Å². The van der Waals surface area contributed by atoms with Gasteiger partial charge in [0.05, 0.1) is 19.4 Å².